The van der Waals surface area contributed by atoms with Crippen molar-refractivity contribution in [2.75, 3.05) is 11.4 Å². The number of rotatable bonds is 2. The van der Waals surface area contributed by atoms with Crippen LogP contribution in [0.1, 0.15) is 43.2 Å². The van der Waals surface area contributed by atoms with Gasteiger partial charge in [0.15, 0.2) is 0 Å². The molecule has 0 atom stereocenters. The van der Waals surface area contributed by atoms with Gasteiger partial charge in [-0.2, -0.15) is 0 Å². The van der Waals surface area contributed by atoms with Crippen LogP contribution in [0.2, 0.25) is 0 Å². The molecule has 1 aromatic rings. The van der Waals surface area contributed by atoms with E-state index in [0.29, 0.717) is 6.54 Å². The molecule has 17 heavy (non-hydrogen) atoms. The van der Waals surface area contributed by atoms with Crippen LogP contribution in [0.15, 0.2) is 18.2 Å². The van der Waals surface area contributed by atoms with Crippen LogP contribution in [0.4, 0.5) is 5.69 Å². The highest BCUT2D eigenvalue weighted by molar-refractivity contribution is 5.60. The number of fused-ring (bicyclic) bond motifs is 1. The lowest BCUT2D eigenvalue weighted by Crippen LogP contribution is -2.35. The van der Waals surface area contributed by atoms with Gasteiger partial charge in [-0.1, -0.05) is 31.4 Å². The van der Waals surface area contributed by atoms with Crippen LogP contribution < -0.4 is 10.6 Å². The van der Waals surface area contributed by atoms with Crippen molar-refractivity contribution >= 4 is 5.69 Å². The Bertz CT molecular complexity index is 394. The number of nitrogens with zero attached hydrogens (tertiary/aromatic N) is 1. The van der Waals surface area contributed by atoms with E-state index in [2.05, 4.69) is 23.1 Å². The van der Waals surface area contributed by atoms with Gasteiger partial charge in [-0.15, -0.1) is 0 Å². The molecule has 0 amide bonds. The summed E-state index contributed by atoms with van der Waals surface area (Å²) < 4.78 is 0. The molecule has 0 saturated heterocycles. The van der Waals surface area contributed by atoms with Crippen LogP contribution in [0.3, 0.4) is 0 Å². The Balaban J connectivity index is 1.85. The number of benzene rings is 1. The zero-order valence-electron chi connectivity index (χ0n) is 10.5. The van der Waals surface area contributed by atoms with E-state index < -0.39 is 0 Å². The highest BCUT2D eigenvalue weighted by Crippen LogP contribution is 2.34. The molecule has 0 spiro atoms. The minimum Gasteiger partial charge on any atom is -0.368 e. The molecule has 2 nitrogen and oxygen atoms in total. The summed E-state index contributed by atoms with van der Waals surface area (Å²) in [5.74, 6) is 0. The molecule has 1 aliphatic carbocycles. The number of nitrogens with two attached hydrogens (primary N) is 1. The van der Waals surface area contributed by atoms with Gasteiger partial charge in [0.2, 0.25) is 0 Å². The predicted molar refractivity (Wildman–Crippen MR) is 72.3 cm³/mol. The Morgan fingerprint density at radius 1 is 1.18 bits per heavy atom. The van der Waals surface area contributed by atoms with Crippen LogP contribution in [0.5, 0.6) is 0 Å². The molecular formula is C15H22N2. The van der Waals surface area contributed by atoms with Gasteiger partial charge >= 0.3 is 0 Å². The number of hydrogen-bond acceptors (Lipinski definition) is 2. The van der Waals surface area contributed by atoms with Gasteiger partial charge in [0.1, 0.15) is 0 Å². The first-order valence-electron chi connectivity index (χ1n) is 6.97. The summed E-state index contributed by atoms with van der Waals surface area (Å²) in [6.07, 6.45) is 8.23. The van der Waals surface area contributed by atoms with Crippen molar-refractivity contribution in [3.8, 4) is 0 Å². The molecular weight excluding hydrogens is 208 g/mol. The maximum atomic E-state index is 5.75. The Morgan fingerprint density at radius 3 is 2.76 bits per heavy atom. The second kappa shape index (κ2) is 4.69. The maximum absolute atomic E-state index is 5.75. The van der Waals surface area contributed by atoms with E-state index in [0.717, 1.165) is 6.04 Å². The second-order valence-electron chi connectivity index (χ2n) is 5.40. The van der Waals surface area contributed by atoms with E-state index in [-0.39, 0.29) is 0 Å². The smallest absolute Gasteiger partial charge is 0.0405 e. The van der Waals surface area contributed by atoms with Crippen LogP contribution in [-0.4, -0.2) is 12.6 Å². The highest BCUT2D eigenvalue weighted by atomic mass is 15.2. The van der Waals surface area contributed by atoms with Crippen molar-refractivity contribution in [3.63, 3.8) is 0 Å². The second-order valence-corrected chi connectivity index (χ2v) is 5.40. The summed E-state index contributed by atoms with van der Waals surface area (Å²) in [4.78, 5) is 2.65. The molecule has 0 unspecified atom stereocenters. The molecule has 1 aromatic carbocycles. The third-order valence-electron chi connectivity index (χ3n) is 4.33. The van der Waals surface area contributed by atoms with Crippen molar-refractivity contribution in [2.45, 2.75) is 51.1 Å². The fourth-order valence-corrected chi connectivity index (χ4v) is 3.35. The van der Waals surface area contributed by atoms with E-state index in [4.69, 9.17) is 5.73 Å². The maximum Gasteiger partial charge on any atom is 0.0405 e. The molecule has 0 bridgehead atoms. The van der Waals surface area contributed by atoms with Gasteiger partial charge in [0.05, 0.1) is 0 Å². The van der Waals surface area contributed by atoms with Gasteiger partial charge in [-0.25, -0.2) is 0 Å². The third-order valence-corrected chi connectivity index (χ3v) is 4.33. The van der Waals surface area contributed by atoms with E-state index in [9.17, 15) is 0 Å². The lowest BCUT2D eigenvalue weighted by Gasteiger charge is -2.33. The number of anilines is 1. The molecule has 0 aromatic heterocycles. The van der Waals surface area contributed by atoms with Gasteiger partial charge in [-0.3, -0.25) is 0 Å². The third kappa shape index (κ3) is 2.06. The SMILES string of the molecule is NCc1ccc2c(c1)N(C1CCCCC1)CC2. The van der Waals surface area contributed by atoms with Crippen molar-refractivity contribution in [1.29, 1.82) is 0 Å². The fourth-order valence-electron chi connectivity index (χ4n) is 3.35. The van der Waals surface area contributed by atoms with Gasteiger partial charge in [-0.05, 0) is 36.5 Å². The van der Waals surface area contributed by atoms with Gasteiger partial charge in [0.25, 0.3) is 0 Å². The lowest BCUT2D eigenvalue weighted by atomic mass is 9.94. The average Bonchev–Trinajstić information content (AvgIpc) is 2.82. The van der Waals surface area contributed by atoms with Crippen molar-refractivity contribution in [1.82, 2.24) is 0 Å². The minimum atomic E-state index is 0.659. The molecule has 1 aliphatic heterocycles. The predicted octanol–water partition coefficient (Wildman–Crippen LogP) is 2.84. The van der Waals surface area contributed by atoms with Gasteiger partial charge in [0, 0.05) is 24.8 Å². The first-order valence-corrected chi connectivity index (χ1v) is 6.97. The Morgan fingerprint density at radius 2 is 2.00 bits per heavy atom. The Hall–Kier alpha value is -1.02. The molecule has 1 saturated carbocycles. The van der Waals surface area contributed by atoms with Crippen LogP contribution in [0, 0.1) is 0 Å². The molecule has 2 N–H and O–H groups in total. The summed E-state index contributed by atoms with van der Waals surface area (Å²) in [6.45, 7) is 1.87. The first-order chi connectivity index (χ1) is 8.38. The molecule has 3 rings (SSSR count). The van der Waals surface area contributed by atoms with Gasteiger partial charge < -0.3 is 10.6 Å². The lowest BCUT2D eigenvalue weighted by molar-refractivity contribution is 0.420. The topological polar surface area (TPSA) is 29.3 Å². The molecule has 1 fully saturated rings. The highest BCUT2D eigenvalue weighted by Gasteiger charge is 2.27. The van der Waals surface area contributed by atoms with Crippen LogP contribution >= 0.6 is 0 Å². The molecule has 2 heteroatoms. The fraction of sp³-hybridized carbons (Fsp3) is 0.600. The van der Waals surface area contributed by atoms with Crippen molar-refractivity contribution < 1.29 is 0 Å². The molecule has 1 heterocycles. The first kappa shape index (κ1) is 11.1. The zero-order chi connectivity index (χ0) is 11.7. The standard InChI is InChI=1S/C15H22N2/c16-11-12-6-7-13-8-9-17(15(13)10-12)14-4-2-1-3-5-14/h6-7,10,14H,1-5,8-9,11,16H2. The van der Waals surface area contributed by atoms with E-state index in [1.54, 1.807) is 0 Å². The summed E-state index contributed by atoms with van der Waals surface area (Å²) in [5, 5.41) is 0. The zero-order valence-corrected chi connectivity index (χ0v) is 10.5. The normalized spacial score (nSPS) is 20.6. The molecule has 0 radical (unpaired) electrons. The monoisotopic (exact) mass is 230 g/mol. The van der Waals surface area contributed by atoms with E-state index in [1.807, 2.05) is 0 Å². The van der Waals surface area contributed by atoms with Crippen molar-refractivity contribution in [2.24, 2.45) is 5.73 Å². The Labute approximate surface area is 104 Å². The van der Waals surface area contributed by atoms with Crippen LogP contribution in [-0.2, 0) is 13.0 Å². The Kier molecular flexibility index (Phi) is 3.06. The minimum absolute atomic E-state index is 0.659. The summed E-state index contributed by atoms with van der Waals surface area (Å²) in [6, 6.07) is 7.57. The quantitative estimate of drug-likeness (QED) is 0.846. The molecule has 2 aliphatic rings. The van der Waals surface area contributed by atoms with E-state index >= 15 is 0 Å². The number of hydrogen-bond donors (Lipinski definition) is 1. The largest absolute Gasteiger partial charge is 0.368 e. The van der Waals surface area contributed by atoms with Crippen LogP contribution in [0.25, 0.3) is 0 Å². The summed E-state index contributed by atoms with van der Waals surface area (Å²) in [5.41, 5.74) is 10.0. The summed E-state index contributed by atoms with van der Waals surface area (Å²) in [7, 11) is 0. The van der Waals surface area contributed by atoms with E-state index in [1.165, 1.54) is 61.9 Å². The van der Waals surface area contributed by atoms with Crippen molar-refractivity contribution in [3.05, 3.63) is 29.3 Å². The average molecular weight is 230 g/mol. The summed E-state index contributed by atoms with van der Waals surface area (Å²) >= 11 is 0. The molecule has 92 valence electrons.